The van der Waals surface area contributed by atoms with Gasteiger partial charge in [-0.2, -0.15) is 11.8 Å². The molecule has 0 bridgehead atoms. The lowest BCUT2D eigenvalue weighted by Crippen LogP contribution is -2.36. The van der Waals surface area contributed by atoms with Gasteiger partial charge in [-0.3, -0.25) is 15.0 Å². The molecule has 0 atom stereocenters. The largest absolute Gasteiger partial charge is 0.378 e. The van der Waals surface area contributed by atoms with E-state index in [1.165, 1.54) is 17.6 Å². The fraction of sp³-hybridized carbons (Fsp3) is 0.545. The number of hydrogen-bond acceptors (Lipinski definition) is 7. The number of pyridine rings is 1. The van der Waals surface area contributed by atoms with Crippen molar-refractivity contribution < 1.29 is 4.92 Å². The van der Waals surface area contributed by atoms with Gasteiger partial charge in [-0.1, -0.05) is 0 Å². The lowest BCUT2D eigenvalue weighted by atomic mass is 10.3. The summed E-state index contributed by atoms with van der Waals surface area (Å²) in [5, 5.41) is 13.7. The molecule has 7 nitrogen and oxygen atoms in total. The smallest absolute Gasteiger partial charge is 0.311 e. The molecule has 0 radical (unpaired) electrons. The van der Waals surface area contributed by atoms with Gasteiger partial charge in [0.05, 0.1) is 4.92 Å². The molecule has 1 aliphatic rings. The van der Waals surface area contributed by atoms with Crippen LogP contribution in [0.15, 0.2) is 12.1 Å². The number of nitrogens with one attached hydrogen (secondary N) is 1. The molecule has 0 aliphatic carbocycles. The number of nitrogen functional groups attached to an aromatic ring is 1. The van der Waals surface area contributed by atoms with Gasteiger partial charge >= 0.3 is 5.69 Å². The van der Waals surface area contributed by atoms with Crippen molar-refractivity contribution in [1.29, 1.82) is 0 Å². The highest BCUT2D eigenvalue weighted by Crippen LogP contribution is 2.20. The molecule has 104 valence electrons. The van der Waals surface area contributed by atoms with Crippen LogP contribution in [0.25, 0.3) is 0 Å². The van der Waals surface area contributed by atoms with Crippen LogP contribution in [0.2, 0.25) is 0 Å². The molecular formula is C11H17N5O2S. The monoisotopic (exact) mass is 283 g/mol. The van der Waals surface area contributed by atoms with Crippen molar-refractivity contribution in [1.82, 2.24) is 9.88 Å². The van der Waals surface area contributed by atoms with E-state index in [1.807, 2.05) is 11.8 Å². The summed E-state index contributed by atoms with van der Waals surface area (Å²) in [5.41, 5.74) is 5.38. The molecular weight excluding hydrogens is 266 g/mol. The summed E-state index contributed by atoms with van der Waals surface area (Å²) < 4.78 is 0. The molecule has 0 amide bonds. The second-order valence-corrected chi connectivity index (χ2v) is 5.46. The van der Waals surface area contributed by atoms with Crippen molar-refractivity contribution in [3.63, 3.8) is 0 Å². The quantitative estimate of drug-likeness (QED) is 0.615. The Hall–Kier alpha value is -1.54. The second-order valence-electron chi connectivity index (χ2n) is 4.24. The first-order valence-electron chi connectivity index (χ1n) is 6.11. The Balaban J connectivity index is 1.82. The first kappa shape index (κ1) is 13.9. The minimum Gasteiger partial charge on any atom is -0.378 e. The van der Waals surface area contributed by atoms with Crippen LogP contribution in [0, 0.1) is 10.1 Å². The predicted molar refractivity (Wildman–Crippen MR) is 77.6 cm³/mol. The summed E-state index contributed by atoms with van der Waals surface area (Å²) in [7, 11) is 0. The number of nitrogens with two attached hydrogens (primary N) is 1. The molecule has 0 unspecified atom stereocenters. The maximum atomic E-state index is 10.6. The lowest BCUT2D eigenvalue weighted by Gasteiger charge is -2.26. The van der Waals surface area contributed by atoms with Crippen molar-refractivity contribution in [2.45, 2.75) is 0 Å². The fourth-order valence-electron chi connectivity index (χ4n) is 1.89. The average molecular weight is 283 g/mol. The van der Waals surface area contributed by atoms with E-state index in [0.29, 0.717) is 5.82 Å². The third kappa shape index (κ3) is 3.97. The van der Waals surface area contributed by atoms with Crippen LogP contribution in [-0.4, -0.2) is 52.5 Å². The Morgan fingerprint density at radius 2 is 2.21 bits per heavy atom. The number of hydrogen-bond donors (Lipinski definition) is 2. The van der Waals surface area contributed by atoms with Crippen LogP contribution in [0.4, 0.5) is 17.3 Å². The number of nitro groups is 1. The third-order valence-electron chi connectivity index (χ3n) is 2.94. The maximum absolute atomic E-state index is 10.6. The van der Waals surface area contributed by atoms with Gasteiger partial charge in [0.25, 0.3) is 0 Å². The summed E-state index contributed by atoms with van der Waals surface area (Å²) in [5.74, 6) is 2.89. The molecule has 2 rings (SSSR count). The van der Waals surface area contributed by atoms with Crippen molar-refractivity contribution in [3.8, 4) is 0 Å². The Morgan fingerprint density at radius 3 is 2.84 bits per heavy atom. The van der Waals surface area contributed by atoms with Gasteiger partial charge in [0.15, 0.2) is 0 Å². The zero-order valence-corrected chi connectivity index (χ0v) is 11.4. The van der Waals surface area contributed by atoms with E-state index in [-0.39, 0.29) is 11.5 Å². The SMILES string of the molecule is Nc1nc(NCCN2CCSCC2)ccc1[N+](=O)[O-]. The fourth-order valence-corrected chi connectivity index (χ4v) is 2.87. The summed E-state index contributed by atoms with van der Waals surface area (Å²) in [4.78, 5) is 16.4. The van der Waals surface area contributed by atoms with Crippen LogP contribution < -0.4 is 11.1 Å². The first-order chi connectivity index (χ1) is 9.16. The molecule has 0 aromatic carbocycles. The van der Waals surface area contributed by atoms with E-state index in [1.54, 1.807) is 6.07 Å². The summed E-state index contributed by atoms with van der Waals surface area (Å²) in [6.45, 7) is 3.93. The molecule has 1 fully saturated rings. The minimum absolute atomic E-state index is 0.0515. The van der Waals surface area contributed by atoms with E-state index in [9.17, 15) is 10.1 Å². The average Bonchev–Trinajstić information content (AvgIpc) is 2.39. The zero-order chi connectivity index (χ0) is 13.7. The number of thioether (sulfide) groups is 1. The molecule has 1 aliphatic heterocycles. The highest BCUT2D eigenvalue weighted by Gasteiger charge is 2.13. The Kier molecular flexibility index (Phi) is 4.80. The van der Waals surface area contributed by atoms with Gasteiger partial charge in [-0.05, 0) is 6.07 Å². The highest BCUT2D eigenvalue weighted by molar-refractivity contribution is 7.99. The normalized spacial score (nSPS) is 16.2. The molecule has 3 N–H and O–H groups in total. The second kappa shape index (κ2) is 6.58. The molecule has 8 heteroatoms. The van der Waals surface area contributed by atoms with Crippen LogP contribution in [0.5, 0.6) is 0 Å². The number of anilines is 2. The molecule has 1 aromatic rings. The van der Waals surface area contributed by atoms with E-state index in [2.05, 4.69) is 15.2 Å². The Morgan fingerprint density at radius 1 is 1.47 bits per heavy atom. The summed E-state index contributed by atoms with van der Waals surface area (Å²) in [6, 6.07) is 2.96. The standard InChI is InChI=1S/C11H17N5O2S/c12-11-9(16(17)18)1-2-10(14-11)13-3-4-15-5-7-19-8-6-15/h1-2H,3-8H2,(H3,12,13,14). The molecule has 1 saturated heterocycles. The molecule has 19 heavy (non-hydrogen) atoms. The first-order valence-corrected chi connectivity index (χ1v) is 7.27. The molecule has 0 saturated carbocycles. The highest BCUT2D eigenvalue weighted by atomic mass is 32.2. The molecule has 1 aromatic heterocycles. The predicted octanol–water partition coefficient (Wildman–Crippen LogP) is 1.03. The van der Waals surface area contributed by atoms with Crippen molar-refractivity contribution in [2.24, 2.45) is 0 Å². The summed E-state index contributed by atoms with van der Waals surface area (Å²) >= 11 is 1.98. The zero-order valence-electron chi connectivity index (χ0n) is 10.5. The number of nitrogens with zero attached hydrogens (tertiary/aromatic N) is 3. The summed E-state index contributed by atoms with van der Waals surface area (Å²) in [6.07, 6.45) is 0. The van der Waals surface area contributed by atoms with Crippen LogP contribution in [-0.2, 0) is 0 Å². The van der Waals surface area contributed by atoms with Gasteiger partial charge in [0.1, 0.15) is 5.82 Å². The van der Waals surface area contributed by atoms with E-state index in [4.69, 9.17) is 5.73 Å². The van der Waals surface area contributed by atoms with Gasteiger partial charge in [0, 0.05) is 43.8 Å². The van der Waals surface area contributed by atoms with Crippen molar-refractivity contribution in [3.05, 3.63) is 22.2 Å². The van der Waals surface area contributed by atoms with Gasteiger partial charge in [-0.15, -0.1) is 0 Å². The van der Waals surface area contributed by atoms with E-state index >= 15 is 0 Å². The van der Waals surface area contributed by atoms with E-state index < -0.39 is 4.92 Å². The molecule has 2 heterocycles. The number of aromatic nitrogens is 1. The van der Waals surface area contributed by atoms with Crippen molar-refractivity contribution >= 4 is 29.1 Å². The Bertz CT molecular complexity index is 451. The minimum atomic E-state index is -0.530. The topological polar surface area (TPSA) is 97.3 Å². The van der Waals surface area contributed by atoms with Gasteiger partial charge < -0.3 is 11.1 Å². The Labute approximate surface area is 115 Å². The van der Waals surface area contributed by atoms with Crippen LogP contribution in [0.3, 0.4) is 0 Å². The van der Waals surface area contributed by atoms with Gasteiger partial charge in [0.2, 0.25) is 5.82 Å². The van der Waals surface area contributed by atoms with Crippen LogP contribution >= 0.6 is 11.8 Å². The van der Waals surface area contributed by atoms with E-state index in [0.717, 1.165) is 26.2 Å². The van der Waals surface area contributed by atoms with Crippen molar-refractivity contribution in [2.75, 3.05) is 48.7 Å². The maximum Gasteiger partial charge on any atom is 0.311 e. The lowest BCUT2D eigenvalue weighted by molar-refractivity contribution is -0.384. The number of rotatable bonds is 5. The molecule has 0 spiro atoms. The van der Waals surface area contributed by atoms with Crippen LogP contribution in [0.1, 0.15) is 0 Å². The third-order valence-corrected chi connectivity index (χ3v) is 3.88. The van der Waals surface area contributed by atoms with Gasteiger partial charge in [-0.25, -0.2) is 4.98 Å².